The van der Waals surface area contributed by atoms with Gasteiger partial charge in [0.15, 0.2) is 6.29 Å². The van der Waals surface area contributed by atoms with Gasteiger partial charge >= 0.3 is 0 Å². The molecule has 1 aliphatic heterocycles. The molecule has 2 atom stereocenters. The van der Waals surface area contributed by atoms with E-state index >= 15 is 0 Å². The van der Waals surface area contributed by atoms with Crippen LogP contribution in [0.25, 0.3) is 0 Å². The van der Waals surface area contributed by atoms with Crippen LogP contribution in [0.5, 0.6) is 0 Å². The highest BCUT2D eigenvalue weighted by Gasteiger charge is 2.22. The van der Waals surface area contributed by atoms with Crippen molar-refractivity contribution in [2.75, 3.05) is 6.61 Å². The molecular weight excluding hydrogens is 176 g/mol. The fourth-order valence-electron chi connectivity index (χ4n) is 1.45. The quantitative estimate of drug-likeness (QED) is 0.628. The minimum absolute atomic E-state index is 0.117. The fourth-order valence-corrected chi connectivity index (χ4v) is 1.45. The Morgan fingerprint density at radius 3 is 2.79 bits per heavy atom. The first kappa shape index (κ1) is 9.26. The van der Waals surface area contributed by atoms with Crippen molar-refractivity contribution in [1.29, 1.82) is 0 Å². The van der Waals surface area contributed by atoms with Crippen LogP contribution in [0.2, 0.25) is 0 Å². The standard InChI is InChI=1S/C12H12O2/c1-2-11-8-9-13-12(14-11)10-6-4-3-5-7-10/h1,3-7,11-12H,8-9H2/t11-,12+/m0/s1. The molecule has 0 amide bonds. The van der Waals surface area contributed by atoms with Gasteiger partial charge in [0.05, 0.1) is 6.61 Å². The summed E-state index contributed by atoms with van der Waals surface area (Å²) in [5, 5.41) is 0. The Kier molecular flexibility index (Phi) is 2.83. The average molecular weight is 188 g/mol. The molecule has 0 aromatic heterocycles. The molecule has 2 nitrogen and oxygen atoms in total. The Bertz CT molecular complexity index is 326. The van der Waals surface area contributed by atoms with Gasteiger partial charge in [-0.3, -0.25) is 0 Å². The van der Waals surface area contributed by atoms with Gasteiger partial charge in [-0.1, -0.05) is 36.3 Å². The van der Waals surface area contributed by atoms with Crippen LogP contribution < -0.4 is 0 Å². The lowest BCUT2D eigenvalue weighted by molar-refractivity contribution is -0.202. The molecule has 0 saturated carbocycles. The van der Waals surface area contributed by atoms with Gasteiger partial charge in [0.25, 0.3) is 0 Å². The second kappa shape index (κ2) is 4.28. The molecule has 72 valence electrons. The van der Waals surface area contributed by atoms with E-state index in [4.69, 9.17) is 15.9 Å². The van der Waals surface area contributed by atoms with E-state index in [1.54, 1.807) is 0 Å². The molecule has 0 aliphatic carbocycles. The largest absolute Gasteiger partial charge is 0.348 e. The normalized spacial score (nSPS) is 26.8. The highest BCUT2D eigenvalue weighted by atomic mass is 16.7. The van der Waals surface area contributed by atoms with E-state index < -0.39 is 0 Å². The second-order valence-corrected chi connectivity index (χ2v) is 3.19. The van der Waals surface area contributed by atoms with Crippen molar-refractivity contribution in [3.63, 3.8) is 0 Å². The third-order valence-corrected chi connectivity index (χ3v) is 2.19. The average Bonchev–Trinajstić information content (AvgIpc) is 2.30. The maximum absolute atomic E-state index is 5.56. The highest BCUT2D eigenvalue weighted by Crippen LogP contribution is 2.25. The Morgan fingerprint density at radius 2 is 2.07 bits per heavy atom. The van der Waals surface area contributed by atoms with E-state index in [0.29, 0.717) is 6.61 Å². The Balaban J connectivity index is 2.09. The maximum Gasteiger partial charge on any atom is 0.185 e. The van der Waals surface area contributed by atoms with Gasteiger partial charge in [0.2, 0.25) is 0 Å². The Labute approximate surface area is 83.8 Å². The van der Waals surface area contributed by atoms with Crippen molar-refractivity contribution in [3.8, 4) is 12.3 Å². The molecule has 1 heterocycles. The van der Waals surface area contributed by atoms with E-state index in [2.05, 4.69) is 5.92 Å². The van der Waals surface area contributed by atoms with Crippen LogP contribution >= 0.6 is 0 Å². The van der Waals surface area contributed by atoms with Crippen LogP contribution in [0, 0.1) is 12.3 Å². The van der Waals surface area contributed by atoms with Crippen molar-refractivity contribution in [3.05, 3.63) is 35.9 Å². The number of terminal acetylenes is 1. The minimum atomic E-state index is -0.300. The first-order chi connectivity index (χ1) is 6.90. The lowest BCUT2D eigenvalue weighted by Gasteiger charge is -2.27. The van der Waals surface area contributed by atoms with Gasteiger partial charge in [0, 0.05) is 12.0 Å². The third kappa shape index (κ3) is 1.95. The first-order valence-electron chi connectivity index (χ1n) is 4.68. The van der Waals surface area contributed by atoms with Gasteiger partial charge < -0.3 is 9.47 Å². The SMILES string of the molecule is C#C[C@H]1CCO[C@@H](c2ccccc2)O1. The molecule has 1 aromatic rings. The number of ether oxygens (including phenoxy) is 2. The molecule has 0 unspecified atom stereocenters. The molecule has 14 heavy (non-hydrogen) atoms. The van der Waals surface area contributed by atoms with Gasteiger partial charge in [-0.05, 0) is 0 Å². The van der Waals surface area contributed by atoms with E-state index in [0.717, 1.165) is 12.0 Å². The van der Waals surface area contributed by atoms with Crippen LogP contribution in [0.1, 0.15) is 18.3 Å². The molecule has 1 aliphatic rings. The van der Waals surface area contributed by atoms with E-state index in [1.807, 2.05) is 30.3 Å². The van der Waals surface area contributed by atoms with Crippen molar-refractivity contribution in [1.82, 2.24) is 0 Å². The van der Waals surface area contributed by atoms with Crippen LogP contribution in [-0.4, -0.2) is 12.7 Å². The van der Waals surface area contributed by atoms with Crippen LogP contribution in [-0.2, 0) is 9.47 Å². The van der Waals surface area contributed by atoms with Crippen LogP contribution in [0.4, 0.5) is 0 Å². The summed E-state index contributed by atoms with van der Waals surface area (Å²) in [6.45, 7) is 0.661. The predicted molar refractivity (Wildman–Crippen MR) is 53.5 cm³/mol. The zero-order valence-electron chi connectivity index (χ0n) is 7.85. The molecule has 2 rings (SSSR count). The zero-order chi connectivity index (χ0) is 9.80. The van der Waals surface area contributed by atoms with Crippen molar-refractivity contribution >= 4 is 0 Å². The number of benzene rings is 1. The lowest BCUT2D eigenvalue weighted by Crippen LogP contribution is -2.25. The van der Waals surface area contributed by atoms with Gasteiger partial charge in [-0.25, -0.2) is 0 Å². The van der Waals surface area contributed by atoms with Crippen molar-refractivity contribution < 1.29 is 9.47 Å². The number of rotatable bonds is 1. The first-order valence-corrected chi connectivity index (χ1v) is 4.68. The summed E-state index contributed by atoms with van der Waals surface area (Å²) < 4.78 is 11.0. The van der Waals surface area contributed by atoms with E-state index in [9.17, 15) is 0 Å². The van der Waals surface area contributed by atoms with E-state index in [1.165, 1.54) is 0 Å². The summed E-state index contributed by atoms with van der Waals surface area (Å²) in [7, 11) is 0. The monoisotopic (exact) mass is 188 g/mol. The molecule has 0 N–H and O–H groups in total. The maximum atomic E-state index is 5.56. The molecular formula is C12H12O2. The molecule has 1 saturated heterocycles. The minimum Gasteiger partial charge on any atom is -0.348 e. The second-order valence-electron chi connectivity index (χ2n) is 3.19. The summed E-state index contributed by atoms with van der Waals surface area (Å²) in [5.41, 5.74) is 1.02. The molecule has 0 spiro atoms. The molecule has 1 aromatic carbocycles. The molecule has 0 bridgehead atoms. The van der Waals surface area contributed by atoms with Crippen LogP contribution in [0.3, 0.4) is 0 Å². The number of hydrogen-bond acceptors (Lipinski definition) is 2. The fraction of sp³-hybridized carbons (Fsp3) is 0.333. The van der Waals surface area contributed by atoms with E-state index in [-0.39, 0.29) is 12.4 Å². The smallest absolute Gasteiger partial charge is 0.185 e. The third-order valence-electron chi connectivity index (χ3n) is 2.19. The molecule has 1 fully saturated rings. The summed E-state index contributed by atoms with van der Waals surface area (Å²) in [4.78, 5) is 0. The van der Waals surface area contributed by atoms with Gasteiger partial charge in [-0.15, -0.1) is 6.42 Å². The van der Waals surface area contributed by atoms with Gasteiger partial charge in [0.1, 0.15) is 6.10 Å². The van der Waals surface area contributed by atoms with Gasteiger partial charge in [-0.2, -0.15) is 0 Å². The molecule has 0 radical (unpaired) electrons. The summed E-state index contributed by atoms with van der Waals surface area (Å²) in [6.07, 6.45) is 5.67. The number of hydrogen-bond donors (Lipinski definition) is 0. The summed E-state index contributed by atoms with van der Waals surface area (Å²) >= 11 is 0. The Hall–Kier alpha value is -1.30. The van der Waals surface area contributed by atoms with Crippen molar-refractivity contribution in [2.24, 2.45) is 0 Å². The summed E-state index contributed by atoms with van der Waals surface area (Å²) in [5.74, 6) is 2.60. The van der Waals surface area contributed by atoms with Crippen molar-refractivity contribution in [2.45, 2.75) is 18.8 Å². The lowest BCUT2D eigenvalue weighted by atomic mass is 10.2. The zero-order valence-corrected chi connectivity index (χ0v) is 7.85. The topological polar surface area (TPSA) is 18.5 Å². The Morgan fingerprint density at radius 1 is 1.29 bits per heavy atom. The molecule has 2 heteroatoms. The highest BCUT2D eigenvalue weighted by molar-refractivity contribution is 5.16. The van der Waals surface area contributed by atoms with Crippen LogP contribution in [0.15, 0.2) is 30.3 Å². The summed E-state index contributed by atoms with van der Waals surface area (Å²) in [6, 6.07) is 9.83. The predicted octanol–water partition coefficient (Wildman–Crippen LogP) is 2.12.